The number of ether oxygens (including phenoxy) is 1. The second kappa shape index (κ2) is 14.5. The van der Waals surface area contributed by atoms with E-state index in [0.29, 0.717) is 23.7 Å². The van der Waals surface area contributed by atoms with Gasteiger partial charge in [-0.05, 0) is 62.9 Å². The number of piperidine rings is 1. The molecule has 11 heteroatoms. The molecule has 0 radical (unpaired) electrons. The van der Waals surface area contributed by atoms with Gasteiger partial charge in [-0.3, -0.25) is 14.9 Å². The molecule has 2 aliphatic heterocycles. The zero-order valence-electron chi connectivity index (χ0n) is 28.6. The molecule has 4 aromatic rings. The molecule has 47 heavy (non-hydrogen) atoms. The van der Waals surface area contributed by atoms with Crippen LogP contribution in [-0.2, 0) is 0 Å². The molecule has 0 amide bonds. The Morgan fingerprint density at radius 2 is 1.70 bits per heavy atom. The molecular formula is C36H48N9OP. The third-order valence-electron chi connectivity index (χ3n) is 9.43. The predicted octanol–water partition coefficient (Wildman–Crippen LogP) is 6.27. The number of benzene rings is 2. The second-order valence-corrected chi connectivity index (χ2v) is 15.3. The Kier molecular flexibility index (Phi) is 10.2. The van der Waals surface area contributed by atoms with Crippen molar-refractivity contribution in [1.82, 2.24) is 29.7 Å². The van der Waals surface area contributed by atoms with Crippen LogP contribution in [0.15, 0.2) is 49.4 Å². The lowest BCUT2D eigenvalue weighted by molar-refractivity contribution is 0.0982. The molecule has 0 aliphatic carbocycles. The topological polar surface area (TPSA) is 94.6 Å². The van der Waals surface area contributed by atoms with Crippen LogP contribution < -0.4 is 25.6 Å². The Hall–Kier alpha value is -3.85. The summed E-state index contributed by atoms with van der Waals surface area (Å²) >= 11 is 0. The van der Waals surface area contributed by atoms with E-state index in [1.165, 1.54) is 50.3 Å². The first-order valence-corrected chi connectivity index (χ1v) is 18.8. The summed E-state index contributed by atoms with van der Waals surface area (Å²) < 4.78 is 5.96. The van der Waals surface area contributed by atoms with E-state index in [2.05, 4.69) is 99.3 Å². The molecule has 2 aromatic carbocycles. The molecule has 0 bridgehead atoms. The van der Waals surface area contributed by atoms with Crippen LogP contribution >= 0.6 is 7.92 Å². The van der Waals surface area contributed by atoms with E-state index < -0.39 is 7.92 Å². The van der Waals surface area contributed by atoms with Crippen molar-refractivity contribution in [3.63, 3.8) is 0 Å². The van der Waals surface area contributed by atoms with E-state index in [1.54, 1.807) is 31.8 Å². The number of piperazine rings is 1. The summed E-state index contributed by atoms with van der Waals surface area (Å²) in [6.07, 6.45) is 9.41. The molecule has 248 valence electrons. The molecule has 2 aliphatic rings. The monoisotopic (exact) mass is 653 g/mol. The highest BCUT2D eigenvalue weighted by molar-refractivity contribution is 7.65. The van der Waals surface area contributed by atoms with E-state index in [1.807, 2.05) is 6.07 Å². The van der Waals surface area contributed by atoms with E-state index >= 15 is 0 Å². The van der Waals surface area contributed by atoms with Crippen molar-refractivity contribution in [1.29, 1.82) is 0 Å². The van der Waals surface area contributed by atoms with Crippen LogP contribution in [0.25, 0.3) is 17.1 Å². The van der Waals surface area contributed by atoms with Crippen molar-refractivity contribution in [3.05, 3.63) is 60.6 Å². The average Bonchev–Trinajstić information content (AvgIpc) is 3.08. The fraction of sp³-hybridized carbons (Fsp3) is 0.444. The van der Waals surface area contributed by atoms with Crippen LogP contribution in [0.4, 0.5) is 28.8 Å². The largest absolute Gasteiger partial charge is 0.494 e. The van der Waals surface area contributed by atoms with Gasteiger partial charge in [-0.15, -0.1) is 0 Å². The van der Waals surface area contributed by atoms with Gasteiger partial charge < -0.3 is 25.2 Å². The van der Waals surface area contributed by atoms with Gasteiger partial charge in [0, 0.05) is 92.2 Å². The molecule has 6 rings (SSSR count). The van der Waals surface area contributed by atoms with E-state index in [0.717, 1.165) is 52.1 Å². The highest BCUT2D eigenvalue weighted by Gasteiger charge is 2.28. The Morgan fingerprint density at radius 3 is 2.38 bits per heavy atom. The average molecular weight is 654 g/mol. The molecular weight excluding hydrogens is 605 g/mol. The molecule has 2 aromatic heterocycles. The summed E-state index contributed by atoms with van der Waals surface area (Å²) in [5.74, 6) is 2.25. The molecule has 2 fully saturated rings. The quantitative estimate of drug-likeness (QED) is 0.191. The van der Waals surface area contributed by atoms with Gasteiger partial charge in [0.05, 0.1) is 23.8 Å². The van der Waals surface area contributed by atoms with Crippen molar-refractivity contribution < 1.29 is 4.74 Å². The summed E-state index contributed by atoms with van der Waals surface area (Å²) in [5, 5.41) is 8.20. The van der Waals surface area contributed by atoms with Crippen molar-refractivity contribution >= 4 is 59.2 Å². The van der Waals surface area contributed by atoms with Crippen LogP contribution in [0.5, 0.6) is 5.75 Å². The number of methoxy groups -OCH3 is 1. The van der Waals surface area contributed by atoms with Crippen LogP contribution in [0.3, 0.4) is 0 Å². The van der Waals surface area contributed by atoms with Gasteiger partial charge in [0.2, 0.25) is 5.95 Å². The number of nitrogens with zero attached hydrogens (tertiary/aromatic N) is 7. The SMILES string of the molecule is C=Cc1cnc(Nc2cc(C(C)C)c(N3CCC(N4CCN(C)CC4)CC3)cc2OC)nc1Nc1ccc2nccnc2c1P(C)C. The van der Waals surface area contributed by atoms with E-state index in [-0.39, 0.29) is 0 Å². The first-order valence-electron chi connectivity index (χ1n) is 16.6. The third kappa shape index (κ3) is 7.20. The first-order chi connectivity index (χ1) is 22.7. The number of rotatable bonds is 10. The Bertz CT molecular complexity index is 1710. The van der Waals surface area contributed by atoms with Gasteiger partial charge in [-0.25, -0.2) is 4.98 Å². The van der Waals surface area contributed by atoms with Crippen LogP contribution in [0.2, 0.25) is 0 Å². The lowest BCUT2D eigenvalue weighted by Gasteiger charge is -2.43. The third-order valence-corrected chi connectivity index (χ3v) is 10.8. The van der Waals surface area contributed by atoms with Gasteiger partial charge >= 0.3 is 0 Å². The van der Waals surface area contributed by atoms with Gasteiger partial charge in [-0.2, -0.15) is 4.98 Å². The molecule has 2 N–H and O–H groups in total. The number of aromatic nitrogens is 4. The molecule has 0 unspecified atom stereocenters. The van der Waals surface area contributed by atoms with Crippen molar-refractivity contribution in [2.45, 2.75) is 38.6 Å². The van der Waals surface area contributed by atoms with Gasteiger partial charge in [0.15, 0.2) is 0 Å². The summed E-state index contributed by atoms with van der Waals surface area (Å²) in [4.78, 5) is 26.4. The molecule has 2 saturated heterocycles. The maximum Gasteiger partial charge on any atom is 0.229 e. The normalized spacial score (nSPS) is 16.6. The number of hydrogen-bond acceptors (Lipinski definition) is 10. The zero-order chi connectivity index (χ0) is 33.1. The fourth-order valence-corrected chi connectivity index (χ4v) is 7.98. The predicted molar refractivity (Wildman–Crippen MR) is 198 cm³/mol. The first kappa shape index (κ1) is 33.1. The van der Waals surface area contributed by atoms with Crippen LogP contribution in [0.1, 0.15) is 43.7 Å². The van der Waals surface area contributed by atoms with Gasteiger partial charge in [0.1, 0.15) is 11.6 Å². The number of nitrogens with one attached hydrogen (secondary N) is 2. The number of hydrogen-bond donors (Lipinski definition) is 2. The standard InChI is InChI=1S/C36H48N9OP/c1-8-25-23-39-36(42-35(25)40-29-10-9-28-33(34(29)47(6)7)38-14-13-37-28)41-30-21-27(24(2)3)31(22-32(30)46-5)45-15-11-26(12-16-45)44-19-17-43(4)18-20-44/h8-10,13-14,21-24,26H,1,11-12,15-20H2,2-7H3,(H2,39,40,41,42). The smallest absolute Gasteiger partial charge is 0.229 e. The fourth-order valence-electron chi connectivity index (χ4n) is 6.77. The lowest BCUT2D eigenvalue weighted by atomic mass is 9.96. The maximum absolute atomic E-state index is 5.96. The number of anilines is 5. The Balaban J connectivity index is 1.25. The summed E-state index contributed by atoms with van der Waals surface area (Å²) in [7, 11) is 3.47. The number of fused-ring (bicyclic) bond motifs is 1. The van der Waals surface area contributed by atoms with Crippen molar-refractivity contribution in [2.24, 2.45) is 0 Å². The van der Waals surface area contributed by atoms with Crippen molar-refractivity contribution in [2.75, 3.05) is 82.3 Å². The minimum atomic E-state index is -0.482. The maximum atomic E-state index is 5.96. The van der Waals surface area contributed by atoms with Crippen LogP contribution in [-0.4, -0.2) is 103 Å². The molecule has 0 saturated carbocycles. The van der Waals surface area contributed by atoms with Gasteiger partial charge in [0.25, 0.3) is 0 Å². The minimum Gasteiger partial charge on any atom is -0.494 e. The molecule has 0 spiro atoms. The highest BCUT2D eigenvalue weighted by atomic mass is 31.1. The highest BCUT2D eigenvalue weighted by Crippen LogP contribution is 2.40. The zero-order valence-corrected chi connectivity index (χ0v) is 29.5. The summed E-state index contributed by atoms with van der Waals surface area (Å²) in [6, 6.07) is 9.13. The minimum absolute atomic E-state index is 0.334. The Labute approximate surface area is 280 Å². The Morgan fingerprint density at radius 1 is 0.957 bits per heavy atom. The lowest BCUT2D eigenvalue weighted by Crippen LogP contribution is -2.52. The summed E-state index contributed by atoms with van der Waals surface area (Å²) in [5.41, 5.74) is 6.95. The van der Waals surface area contributed by atoms with Crippen molar-refractivity contribution in [3.8, 4) is 5.75 Å². The molecule has 4 heterocycles. The summed E-state index contributed by atoms with van der Waals surface area (Å²) in [6.45, 7) is 19.8. The number of likely N-dealkylation sites (N-methyl/N-ethyl adjacent to an activating group) is 1. The second-order valence-electron chi connectivity index (χ2n) is 13.1. The molecule has 0 atom stereocenters. The van der Waals surface area contributed by atoms with E-state index in [4.69, 9.17) is 9.72 Å². The van der Waals surface area contributed by atoms with E-state index in [9.17, 15) is 0 Å². The van der Waals surface area contributed by atoms with Gasteiger partial charge in [-0.1, -0.05) is 34.4 Å². The molecule has 10 nitrogen and oxygen atoms in total. The van der Waals surface area contributed by atoms with Crippen LogP contribution in [0, 0.1) is 0 Å².